The zero-order chi connectivity index (χ0) is 16.8. The minimum Gasteiger partial charge on any atom is -0.274 e. The summed E-state index contributed by atoms with van der Waals surface area (Å²) in [5.74, 6) is -0.131. The number of carbonyl (C=O) groups is 1. The van der Waals surface area contributed by atoms with Gasteiger partial charge in [-0.05, 0) is 36.0 Å². The van der Waals surface area contributed by atoms with Gasteiger partial charge in [0.1, 0.15) is 0 Å². The maximum Gasteiger partial charge on any atom is 0.239 e. The SMILES string of the molecule is CC(C)CC(C)CC(=O)NS(=O)(=O)Cc1ccc(C#N)cc1. The second-order valence-electron chi connectivity index (χ2n) is 6.03. The molecule has 0 heterocycles. The smallest absolute Gasteiger partial charge is 0.239 e. The van der Waals surface area contributed by atoms with Crippen LogP contribution in [0.15, 0.2) is 24.3 Å². The van der Waals surface area contributed by atoms with E-state index in [0.717, 1.165) is 6.42 Å². The molecule has 6 heteroatoms. The van der Waals surface area contributed by atoms with E-state index in [-0.39, 0.29) is 18.1 Å². The minimum atomic E-state index is -3.71. The molecule has 1 aromatic rings. The number of nitrogens with one attached hydrogen (secondary N) is 1. The molecular weight excluding hydrogens is 300 g/mol. The maximum atomic E-state index is 12.0. The summed E-state index contributed by atoms with van der Waals surface area (Å²) < 4.78 is 26.0. The van der Waals surface area contributed by atoms with Gasteiger partial charge in [0.25, 0.3) is 0 Å². The minimum absolute atomic E-state index is 0.144. The Balaban J connectivity index is 2.59. The summed E-state index contributed by atoms with van der Waals surface area (Å²) in [4.78, 5) is 11.8. The Labute approximate surface area is 132 Å². The summed E-state index contributed by atoms with van der Waals surface area (Å²) in [5.41, 5.74) is 1.00. The summed E-state index contributed by atoms with van der Waals surface area (Å²) in [6.45, 7) is 6.07. The Hall–Kier alpha value is -1.87. The Bertz CT molecular complexity index is 643. The average molecular weight is 322 g/mol. The first kappa shape index (κ1) is 18.2. The highest BCUT2D eigenvalue weighted by Crippen LogP contribution is 2.15. The van der Waals surface area contributed by atoms with Crippen LogP contribution in [-0.4, -0.2) is 14.3 Å². The van der Waals surface area contributed by atoms with Crippen LogP contribution in [0.5, 0.6) is 0 Å². The van der Waals surface area contributed by atoms with Crippen LogP contribution in [0.2, 0.25) is 0 Å². The molecule has 1 rings (SSSR count). The largest absolute Gasteiger partial charge is 0.274 e. The Kier molecular flexibility index (Phi) is 6.57. The maximum absolute atomic E-state index is 12.0. The molecule has 0 spiro atoms. The third-order valence-electron chi connectivity index (χ3n) is 3.12. The first-order valence-corrected chi connectivity index (χ1v) is 8.89. The zero-order valence-corrected chi connectivity index (χ0v) is 14.0. The highest BCUT2D eigenvalue weighted by Gasteiger charge is 2.18. The van der Waals surface area contributed by atoms with Crippen molar-refractivity contribution in [2.45, 2.75) is 39.4 Å². The van der Waals surface area contributed by atoms with Crippen molar-refractivity contribution in [3.63, 3.8) is 0 Å². The number of rotatable bonds is 7. The van der Waals surface area contributed by atoms with Gasteiger partial charge in [0.15, 0.2) is 0 Å². The monoisotopic (exact) mass is 322 g/mol. The van der Waals surface area contributed by atoms with Gasteiger partial charge in [-0.15, -0.1) is 0 Å². The lowest BCUT2D eigenvalue weighted by Gasteiger charge is -2.13. The highest BCUT2D eigenvalue weighted by atomic mass is 32.2. The summed E-state index contributed by atoms with van der Waals surface area (Å²) in [5, 5.41) is 8.70. The number of nitriles is 1. The molecule has 120 valence electrons. The van der Waals surface area contributed by atoms with Crippen molar-refractivity contribution < 1.29 is 13.2 Å². The number of amides is 1. The molecule has 0 saturated carbocycles. The van der Waals surface area contributed by atoms with Gasteiger partial charge >= 0.3 is 0 Å². The van der Waals surface area contributed by atoms with Crippen molar-refractivity contribution in [1.82, 2.24) is 4.72 Å². The highest BCUT2D eigenvalue weighted by molar-refractivity contribution is 7.89. The van der Waals surface area contributed by atoms with Crippen LogP contribution in [-0.2, 0) is 20.6 Å². The Morgan fingerprint density at radius 2 is 1.82 bits per heavy atom. The normalized spacial score (nSPS) is 12.7. The van der Waals surface area contributed by atoms with Crippen molar-refractivity contribution in [3.05, 3.63) is 35.4 Å². The number of nitrogens with zero attached hydrogens (tertiary/aromatic N) is 1. The lowest BCUT2D eigenvalue weighted by Crippen LogP contribution is -2.32. The standard InChI is InChI=1S/C16H22N2O3S/c1-12(2)8-13(3)9-16(19)18-22(20,21)11-15-6-4-14(10-17)5-7-15/h4-7,12-13H,8-9,11H2,1-3H3,(H,18,19). The second kappa shape index (κ2) is 7.95. The molecule has 1 aromatic carbocycles. The Morgan fingerprint density at radius 3 is 2.32 bits per heavy atom. The predicted octanol–water partition coefficient (Wildman–Crippen LogP) is 2.58. The molecule has 0 bridgehead atoms. The molecule has 1 amide bonds. The summed E-state index contributed by atoms with van der Waals surface area (Å²) >= 11 is 0. The van der Waals surface area contributed by atoms with E-state index >= 15 is 0 Å². The molecule has 0 aliphatic carbocycles. The fourth-order valence-corrected chi connectivity index (χ4v) is 3.48. The molecule has 0 aliphatic rings. The van der Waals surface area contributed by atoms with Crippen molar-refractivity contribution in [2.24, 2.45) is 11.8 Å². The van der Waals surface area contributed by atoms with E-state index in [1.807, 2.05) is 13.0 Å². The number of carbonyl (C=O) groups excluding carboxylic acids is 1. The molecule has 1 unspecified atom stereocenters. The third-order valence-corrected chi connectivity index (χ3v) is 4.37. The zero-order valence-electron chi connectivity index (χ0n) is 13.2. The van der Waals surface area contributed by atoms with Gasteiger partial charge < -0.3 is 0 Å². The fraction of sp³-hybridized carbons (Fsp3) is 0.500. The van der Waals surface area contributed by atoms with Crippen LogP contribution in [0.25, 0.3) is 0 Å². The number of hydrogen-bond donors (Lipinski definition) is 1. The number of sulfonamides is 1. The van der Waals surface area contributed by atoms with Gasteiger partial charge in [-0.25, -0.2) is 8.42 Å². The van der Waals surface area contributed by atoms with E-state index in [2.05, 4.69) is 18.6 Å². The van der Waals surface area contributed by atoms with Gasteiger partial charge in [0.05, 0.1) is 17.4 Å². The lowest BCUT2D eigenvalue weighted by molar-refractivity contribution is -0.120. The number of benzene rings is 1. The summed E-state index contributed by atoms with van der Waals surface area (Å²) in [6, 6.07) is 8.22. The van der Waals surface area contributed by atoms with Crippen molar-refractivity contribution in [1.29, 1.82) is 5.26 Å². The Morgan fingerprint density at radius 1 is 1.23 bits per heavy atom. The van der Waals surface area contributed by atoms with Crippen molar-refractivity contribution in [2.75, 3.05) is 0 Å². The van der Waals surface area contributed by atoms with E-state index in [1.54, 1.807) is 24.3 Å². The molecule has 22 heavy (non-hydrogen) atoms. The molecule has 1 N–H and O–H groups in total. The van der Waals surface area contributed by atoms with E-state index in [0.29, 0.717) is 17.0 Å². The van der Waals surface area contributed by atoms with E-state index in [9.17, 15) is 13.2 Å². The van der Waals surface area contributed by atoms with Crippen LogP contribution < -0.4 is 4.72 Å². The fourth-order valence-electron chi connectivity index (χ4n) is 2.35. The molecule has 0 aliphatic heterocycles. The molecule has 1 atom stereocenters. The van der Waals surface area contributed by atoms with E-state index < -0.39 is 15.9 Å². The van der Waals surface area contributed by atoms with Crippen molar-refractivity contribution >= 4 is 15.9 Å². The molecule has 0 radical (unpaired) electrons. The van der Waals surface area contributed by atoms with Gasteiger partial charge in [-0.1, -0.05) is 32.9 Å². The topological polar surface area (TPSA) is 87.0 Å². The van der Waals surface area contributed by atoms with Crippen LogP contribution >= 0.6 is 0 Å². The van der Waals surface area contributed by atoms with Crippen LogP contribution in [0, 0.1) is 23.2 Å². The predicted molar refractivity (Wildman–Crippen MR) is 85.2 cm³/mol. The number of hydrogen-bond acceptors (Lipinski definition) is 4. The first-order valence-electron chi connectivity index (χ1n) is 7.24. The van der Waals surface area contributed by atoms with Gasteiger partial charge in [-0.2, -0.15) is 5.26 Å². The molecule has 5 nitrogen and oxygen atoms in total. The molecular formula is C16H22N2O3S. The lowest BCUT2D eigenvalue weighted by atomic mass is 9.96. The molecule has 0 saturated heterocycles. The van der Waals surface area contributed by atoms with Crippen molar-refractivity contribution in [3.8, 4) is 6.07 Å². The molecule has 0 aromatic heterocycles. The second-order valence-corrected chi connectivity index (χ2v) is 7.75. The summed E-state index contributed by atoms with van der Waals surface area (Å²) in [6.07, 6.45) is 1.08. The third kappa shape index (κ3) is 6.72. The molecule has 0 fully saturated rings. The van der Waals surface area contributed by atoms with Gasteiger partial charge in [0.2, 0.25) is 15.9 Å². The summed E-state index contributed by atoms with van der Waals surface area (Å²) in [7, 11) is -3.71. The van der Waals surface area contributed by atoms with E-state index in [1.165, 1.54) is 0 Å². The van der Waals surface area contributed by atoms with Crippen LogP contribution in [0.1, 0.15) is 44.7 Å². The van der Waals surface area contributed by atoms with Crippen LogP contribution in [0.3, 0.4) is 0 Å². The van der Waals surface area contributed by atoms with E-state index in [4.69, 9.17) is 5.26 Å². The average Bonchev–Trinajstić information content (AvgIpc) is 2.36. The van der Waals surface area contributed by atoms with Gasteiger partial charge in [-0.3, -0.25) is 9.52 Å². The first-order chi connectivity index (χ1) is 10.2. The van der Waals surface area contributed by atoms with Gasteiger partial charge in [0, 0.05) is 6.42 Å². The quantitative estimate of drug-likeness (QED) is 0.836. The van der Waals surface area contributed by atoms with Crippen LogP contribution in [0.4, 0.5) is 0 Å².